The van der Waals surface area contributed by atoms with Crippen molar-refractivity contribution in [1.82, 2.24) is 20.9 Å². The topological polar surface area (TPSA) is 87.6 Å². The Kier molecular flexibility index (Phi) is 7.86. The SMILES string of the molecule is CCc1cnc(CCNC(=NC)NCc2cccc(OCC(=O)NC3CC3)c2)s1. The Morgan fingerprint density at radius 1 is 1.34 bits per heavy atom. The Hall–Kier alpha value is -2.61. The number of nitrogens with zero attached hydrogens (tertiary/aromatic N) is 2. The molecule has 1 aromatic heterocycles. The van der Waals surface area contributed by atoms with Gasteiger partial charge < -0.3 is 20.7 Å². The summed E-state index contributed by atoms with van der Waals surface area (Å²) in [5.41, 5.74) is 1.06. The highest BCUT2D eigenvalue weighted by atomic mass is 32.1. The maximum absolute atomic E-state index is 11.8. The number of rotatable bonds is 10. The summed E-state index contributed by atoms with van der Waals surface area (Å²) >= 11 is 1.76. The summed E-state index contributed by atoms with van der Waals surface area (Å²) in [6.45, 7) is 3.58. The molecule has 3 N–H and O–H groups in total. The number of thiazole rings is 1. The van der Waals surface area contributed by atoms with Gasteiger partial charge in [-0.25, -0.2) is 4.98 Å². The highest BCUT2D eigenvalue weighted by molar-refractivity contribution is 7.11. The second kappa shape index (κ2) is 10.8. The Labute approximate surface area is 176 Å². The molecule has 0 aliphatic heterocycles. The van der Waals surface area contributed by atoms with E-state index in [0.29, 0.717) is 18.3 Å². The minimum Gasteiger partial charge on any atom is -0.484 e. The number of ether oxygens (including phenoxy) is 1. The van der Waals surface area contributed by atoms with Gasteiger partial charge in [-0.3, -0.25) is 9.79 Å². The van der Waals surface area contributed by atoms with Crippen molar-refractivity contribution in [3.8, 4) is 5.75 Å². The predicted molar refractivity (Wildman–Crippen MR) is 116 cm³/mol. The summed E-state index contributed by atoms with van der Waals surface area (Å²) in [6, 6.07) is 8.09. The van der Waals surface area contributed by atoms with Crippen molar-refractivity contribution < 1.29 is 9.53 Å². The fourth-order valence-corrected chi connectivity index (χ4v) is 3.57. The molecular weight excluding hydrogens is 386 g/mol. The van der Waals surface area contributed by atoms with Gasteiger partial charge in [0.15, 0.2) is 12.6 Å². The van der Waals surface area contributed by atoms with E-state index in [-0.39, 0.29) is 12.5 Å². The molecule has 0 saturated heterocycles. The number of benzene rings is 1. The standard InChI is InChI=1S/C21H29N5O2S/c1-3-18-13-24-20(29-18)9-10-23-21(22-2)25-12-15-5-4-6-17(11-15)28-14-19(27)26-16-7-8-16/h4-6,11,13,16H,3,7-10,12,14H2,1-2H3,(H,26,27)(H2,22,23,25). The number of hydrogen-bond acceptors (Lipinski definition) is 5. The highest BCUT2D eigenvalue weighted by Crippen LogP contribution is 2.18. The van der Waals surface area contributed by atoms with Crippen molar-refractivity contribution in [2.45, 2.75) is 45.2 Å². The van der Waals surface area contributed by atoms with Crippen LogP contribution in [0.25, 0.3) is 0 Å². The summed E-state index contributed by atoms with van der Waals surface area (Å²) in [4.78, 5) is 21.8. The number of guanidine groups is 1. The number of aryl methyl sites for hydroxylation is 1. The second-order valence-electron chi connectivity index (χ2n) is 6.95. The third-order valence-electron chi connectivity index (χ3n) is 4.48. The summed E-state index contributed by atoms with van der Waals surface area (Å²) in [5, 5.41) is 10.7. The van der Waals surface area contributed by atoms with Crippen LogP contribution in [0.2, 0.25) is 0 Å². The molecule has 0 atom stereocenters. The Morgan fingerprint density at radius 2 is 2.21 bits per heavy atom. The lowest BCUT2D eigenvalue weighted by Crippen LogP contribution is -2.37. The zero-order chi connectivity index (χ0) is 20.5. The lowest BCUT2D eigenvalue weighted by atomic mass is 10.2. The first-order chi connectivity index (χ1) is 14.2. The Bertz CT molecular complexity index is 832. The summed E-state index contributed by atoms with van der Waals surface area (Å²) in [5.74, 6) is 1.37. The van der Waals surface area contributed by atoms with E-state index in [1.807, 2.05) is 30.5 Å². The van der Waals surface area contributed by atoms with Crippen molar-refractivity contribution in [2.24, 2.45) is 4.99 Å². The maximum atomic E-state index is 11.8. The van der Waals surface area contributed by atoms with Crippen molar-refractivity contribution in [3.05, 3.63) is 45.9 Å². The van der Waals surface area contributed by atoms with Crippen LogP contribution in [0.15, 0.2) is 35.5 Å². The van der Waals surface area contributed by atoms with Crippen molar-refractivity contribution in [2.75, 3.05) is 20.2 Å². The van der Waals surface area contributed by atoms with Crippen LogP contribution in [0.3, 0.4) is 0 Å². The first kappa shape index (κ1) is 21.1. The zero-order valence-electron chi connectivity index (χ0n) is 17.0. The molecule has 0 bridgehead atoms. The molecule has 7 nitrogen and oxygen atoms in total. The molecule has 1 heterocycles. The molecule has 0 unspecified atom stereocenters. The van der Waals surface area contributed by atoms with Gasteiger partial charge in [0.05, 0.1) is 5.01 Å². The normalized spacial score (nSPS) is 13.8. The van der Waals surface area contributed by atoms with Gasteiger partial charge in [-0.2, -0.15) is 0 Å². The molecule has 29 heavy (non-hydrogen) atoms. The first-order valence-electron chi connectivity index (χ1n) is 10.1. The van der Waals surface area contributed by atoms with Crippen LogP contribution in [0, 0.1) is 0 Å². The average molecular weight is 416 g/mol. The molecule has 1 saturated carbocycles. The Morgan fingerprint density at radius 3 is 2.93 bits per heavy atom. The van der Waals surface area contributed by atoms with E-state index >= 15 is 0 Å². The largest absolute Gasteiger partial charge is 0.484 e. The van der Waals surface area contributed by atoms with E-state index in [4.69, 9.17) is 4.74 Å². The number of amides is 1. The monoisotopic (exact) mass is 415 g/mol. The molecule has 0 spiro atoms. The van der Waals surface area contributed by atoms with Gasteiger partial charge in [0.25, 0.3) is 5.91 Å². The number of carbonyl (C=O) groups is 1. The number of aliphatic imine (C=N–C) groups is 1. The van der Waals surface area contributed by atoms with Gasteiger partial charge in [-0.1, -0.05) is 19.1 Å². The predicted octanol–water partition coefficient (Wildman–Crippen LogP) is 2.27. The van der Waals surface area contributed by atoms with Gasteiger partial charge in [0.2, 0.25) is 0 Å². The van der Waals surface area contributed by atoms with Crippen LogP contribution in [-0.2, 0) is 24.2 Å². The number of aromatic nitrogens is 1. The van der Waals surface area contributed by atoms with Gasteiger partial charge in [-0.15, -0.1) is 11.3 Å². The molecule has 8 heteroatoms. The van der Waals surface area contributed by atoms with Crippen LogP contribution in [0.5, 0.6) is 5.75 Å². The van der Waals surface area contributed by atoms with E-state index < -0.39 is 0 Å². The lowest BCUT2D eigenvalue weighted by Gasteiger charge is -2.12. The Balaban J connectivity index is 1.39. The third kappa shape index (κ3) is 7.38. The molecule has 1 fully saturated rings. The lowest BCUT2D eigenvalue weighted by molar-refractivity contribution is -0.123. The quantitative estimate of drug-likeness (QED) is 0.409. The van der Waals surface area contributed by atoms with Gasteiger partial charge in [0.1, 0.15) is 5.75 Å². The number of carbonyl (C=O) groups excluding carboxylic acids is 1. The minimum atomic E-state index is -0.0630. The van der Waals surface area contributed by atoms with Crippen molar-refractivity contribution in [3.63, 3.8) is 0 Å². The van der Waals surface area contributed by atoms with Crippen LogP contribution in [0.4, 0.5) is 0 Å². The molecule has 156 valence electrons. The molecule has 1 aromatic carbocycles. The van der Waals surface area contributed by atoms with Gasteiger partial charge in [-0.05, 0) is 37.0 Å². The van der Waals surface area contributed by atoms with Gasteiger partial charge in [0, 0.05) is 43.7 Å². The summed E-state index contributed by atoms with van der Waals surface area (Å²) < 4.78 is 5.60. The summed E-state index contributed by atoms with van der Waals surface area (Å²) in [6.07, 6.45) is 6.01. The molecule has 1 aliphatic rings. The smallest absolute Gasteiger partial charge is 0.258 e. The molecule has 1 amide bonds. The third-order valence-corrected chi connectivity index (χ3v) is 5.68. The second-order valence-corrected chi connectivity index (χ2v) is 8.15. The first-order valence-corrected chi connectivity index (χ1v) is 10.9. The summed E-state index contributed by atoms with van der Waals surface area (Å²) in [7, 11) is 1.76. The van der Waals surface area contributed by atoms with Crippen LogP contribution >= 0.6 is 11.3 Å². The van der Waals surface area contributed by atoms with E-state index in [9.17, 15) is 4.79 Å². The molecule has 1 aliphatic carbocycles. The maximum Gasteiger partial charge on any atom is 0.258 e. The van der Waals surface area contributed by atoms with Crippen LogP contribution in [-0.4, -0.2) is 43.1 Å². The van der Waals surface area contributed by atoms with Crippen LogP contribution in [0.1, 0.15) is 35.2 Å². The molecule has 2 aromatic rings. The molecule has 3 rings (SSSR count). The van der Waals surface area contributed by atoms with Crippen molar-refractivity contribution >= 4 is 23.2 Å². The zero-order valence-corrected chi connectivity index (χ0v) is 17.8. The number of hydrogen-bond donors (Lipinski definition) is 3. The van der Waals surface area contributed by atoms with Crippen LogP contribution < -0.4 is 20.7 Å². The van der Waals surface area contributed by atoms with E-state index in [0.717, 1.165) is 48.8 Å². The molecular formula is C21H29N5O2S. The average Bonchev–Trinajstić information content (AvgIpc) is 3.43. The molecule has 0 radical (unpaired) electrons. The van der Waals surface area contributed by atoms with E-state index in [1.165, 1.54) is 4.88 Å². The van der Waals surface area contributed by atoms with Crippen molar-refractivity contribution in [1.29, 1.82) is 0 Å². The highest BCUT2D eigenvalue weighted by Gasteiger charge is 2.23. The van der Waals surface area contributed by atoms with E-state index in [1.54, 1.807) is 18.4 Å². The number of nitrogens with one attached hydrogen (secondary N) is 3. The minimum absolute atomic E-state index is 0.0487. The van der Waals surface area contributed by atoms with E-state index in [2.05, 4.69) is 32.9 Å². The fourth-order valence-electron chi connectivity index (χ4n) is 2.71. The van der Waals surface area contributed by atoms with Gasteiger partial charge >= 0.3 is 0 Å². The fraction of sp³-hybridized carbons (Fsp3) is 0.476.